The van der Waals surface area contributed by atoms with Gasteiger partial charge in [-0.05, 0) is 103 Å². The fourth-order valence-corrected chi connectivity index (χ4v) is 11.1. The van der Waals surface area contributed by atoms with Gasteiger partial charge in [0.2, 0.25) is 11.7 Å². The third kappa shape index (κ3) is 11.1. The zero-order chi connectivity index (χ0) is 42.4. The van der Waals surface area contributed by atoms with Gasteiger partial charge in [0.1, 0.15) is 18.1 Å². The van der Waals surface area contributed by atoms with Crippen molar-refractivity contribution < 1.29 is 34.1 Å². The summed E-state index contributed by atoms with van der Waals surface area (Å²) in [5.74, 6) is 1.12. The standard InChI is InChI=1S/C50H58N2O7S2/c1-3-28-57-50-47(61-41-23-20-38(21-24-41)51-35(2)55)33-45(52-58-34-36-14-6-4-7-15-36)43-31-37(16-10-12-26-53)42(19-11-13-27-54)48(49(43)50)44-32-39(22-25-46(44)59-50)56-29-30-60-40-17-8-5-9-18-40/h3-9,14-15,17-18,20-25,31-32,37,42,47-49,53-54H,1,10-13,16,19,26-30,33-34H2,2H3,(H,51,55)/t37-,42+,47-,48+,49+,50+/m0/s1. The molecule has 3 aliphatic rings. The first-order valence-electron chi connectivity index (χ1n) is 21.5. The molecular weight excluding hydrogens is 805 g/mol. The molecule has 1 amide bonds. The normalized spacial score (nSPS) is 23.2. The Labute approximate surface area is 369 Å². The summed E-state index contributed by atoms with van der Waals surface area (Å²) in [5.41, 5.74) is 4.78. The van der Waals surface area contributed by atoms with E-state index in [2.05, 4.69) is 48.3 Å². The number of anilines is 1. The zero-order valence-corrected chi connectivity index (χ0v) is 36.6. The van der Waals surface area contributed by atoms with Crippen molar-refractivity contribution in [1.29, 1.82) is 0 Å². The van der Waals surface area contributed by atoms with Crippen LogP contribution in [0, 0.1) is 17.8 Å². The second-order valence-electron chi connectivity index (χ2n) is 15.8. The Hall–Kier alpha value is -4.52. The summed E-state index contributed by atoms with van der Waals surface area (Å²) in [5, 5.41) is 27.4. The van der Waals surface area contributed by atoms with Crippen LogP contribution in [0.4, 0.5) is 5.69 Å². The van der Waals surface area contributed by atoms with Gasteiger partial charge in [-0.25, -0.2) is 0 Å². The predicted octanol–water partition coefficient (Wildman–Crippen LogP) is 10.4. The van der Waals surface area contributed by atoms with Gasteiger partial charge >= 0.3 is 0 Å². The molecule has 0 bridgehead atoms. The van der Waals surface area contributed by atoms with E-state index in [9.17, 15) is 15.0 Å². The van der Waals surface area contributed by atoms with Crippen molar-refractivity contribution in [2.45, 2.75) is 85.2 Å². The highest BCUT2D eigenvalue weighted by molar-refractivity contribution is 8.00. The van der Waals surface area contributed by atoms with Gasteiger partial charge in [0.25, 0.3) is 0 Å². The monoisotopic (exact) mass is 862 g/mol. The molecule has 7 rings (SSSR count). The van der Waals surface area contributed by atoms with Crippen LogP contribution in [0.3, 0.4) is 0 Å². The largest absolute Gasteiger partial charge is 0.493 e. The van der Waals surface area contributed by atoms with Crippen LogP contribution < -0.4 is 14.8 Å². The third-order valence-electron chi connectivity index (χ3n) is 11.7. The summed E-state index contributed by atoms with van der Waals surface area (Å²) in [7, 11) is 0. The second-order valence-corrected chi connectivity index (χ2v) is 18.3. The van der Waals surface area contributed by atoms with Gasteiger partial charge in [0.05, 0.1) is 30.1 Å². The Morgan fingerprint density at radius 1 is 0.934 bits per heavy atom. The number of benzene rings is 4. The highest BCUT2D eigenvalue weighted by Gasteiger charge is 2.64. The van der Waals surface area contributed by atoms with Gasteiger partial charge < -0.3 is 34.6 Å². The van der Waals surface area contributed by atoms with Crippen LogP contribution in [0.5, 0.6) is 11.5 Å². The zero-order valence-electron chi connectivity index (χ0n) is 35.0. The van der Waals surface area contributed by atoms with Crippen LogP contribution in [0.15, 0.2) is 142 Å². The van der Waals surface area contributed by atoms with Crippen molar-refractivity contribution in [3.05, 3.63) is 139 Å². The number of aliphatic hydroxyl groups excluding tert-OH is 2. The molecule has 4 aromatic carbocycles. The van der Waals surface area contributed by atoms with Crippen LogP contribution >= 0.6 is 23.5 Å². The van der Waals surface area contributed by atoms with E-state index >= 15 is 0 Å². The molecule has 1 aliphatic heterocycles. The van der Waals surface area contributed by atoms with Crippen molar-refractivity contribution >= 4 is 40.8 Å². The number of fused-ring (bicyclic) bond motifs is 2. The first-order valence-corrected chi connectivity index (χ1v) is 23.4. The molecule has 6 atom stereocenters. The van der Waals surface area contributed by atoms with Crippen molar-refractivity contribution in [1.82, 2.24) is 0 Å². The maximum absolute atomic E-state index is 11.9. The van der Waals surface area contributed by atoms with Crippen LogP contribution in [-0.2, 0) is 21.0 Å². The van der Waals surface area contributed by atoms with E-state index in [0.29, 0.717) is 26.1 Å². The molecule has 0 radical (unpaired) electrons. The SMILES string of the molecule is C=CCO[C@@]12Oc3ccc(OCCSc4ccccc4)cc3[C@H]3[C@H](CCCCO)[C@@H](CCCCO)C=C(C(=NOCc4ccccc4)C[C@@H]1Sc1ccc(NC(C)=O)cc1)[C@H]32. The van der Waals surface area contributed by atoms with E-state index in [0.717, 1.165) is 82.4 Å². The molecule has 1 heterocycles. The number of hydrogen-bond acceptors (Lipinski definition) is 10. The van der Waals surface area contributed by atoms with Gasteiger partial charge in [-0.3, -0.25) is 4.79 Å². The Bertz CT molecular complexity index is 2100. The molecule has 9 nitrogen and oxygen atoms in total. The number of hydrogen-bond donors (Lipinski definition) is 3. The van der Waals surface area contributed by atoms with E-state index < -0.39 is 5.79 Å². The van der Waals surface area contributed by atoms with E-state index in [-0.39, 0.29) is 54.6 Å². The lowest BCUT2D eigenvalue weighted by Gasteiger charge is -2.58. The van der Waals surface area contributed by atoms with Crippen molar-refractivity contribution in [2.24, 2.45) is 22.9 Å². The summed E-state index contributed by atoms with van der Waals surface area (Å²) in [6.07, 6.45) is 9.69. The number of unbranched alkanes of at least 4 members (excludes halogenated alkanes) is 2. The summed E-state index contributed by atoms with van der Waals surface area (Å²) >= 11 is 3.45. The Morgan fingerprint density at radius 2 is 1.67 bits per heavy atom. The molecule has 0 unspecified atom stereocenters. The third-order valence-corrected chi connectivity index (χ3v) is 14.0. The lowest BCUT2D eigenvalue weighted by molar-refractivity contribution is -0.223. The number of carbonyl (C=O) groups is 1. The number of aliphatic hydroxyl groups is 2. The number of nitrogens with one attached hydrogen (secondary N) is 1. The summed E-state index contributed by atoms with van der Waals surface area (Å²) in [6, 6.07) is 34.5. The average Bonchev–Trinajstić information content (AvgIpc) is 3.27. The maximum Gasteiger partial charge on any atom is 0.231 e. The van der Waals surface area contributed by atoms with E-state index in [4.69, 9.17) is 24.2 Å². The molecule has 1 fully saturated rings. The lowest BCUT2D eigenvalue weighted by Crippen LogP contribution is -2.64. The minimum absolute atomic E-state index is 0.0569. The first-order chi connectivity index (χ1) is 29.9. The van der Waals surface area contributed by atoms with Crippen LogP contribution in [0.2, 0.25) is 0 Å². The summed E-state index contributed by atoms with van der Waals surface area (Å²) in [6.45, 7) is 7.00. The average molecular weight is 863 g/mol. The number of carbonyl (C=O) groups excluding carboxylic acids is 1. The summed E-state index contributed by atoms with van der Waals surface area (Å²) < 4.78 is 20.9. The topological polar surface area (TPSA) is 119 Å². The smallest absolute Gasteiger partial charge is 0.231 e. The maximum atomic E-state index is 11.9. The molecule has 0 saturated heterocycles. The number of rotatable bonds is 22. The number of ether oxygens (including phenoxy) is 3. The number of amides is 1. The molecule has 3 N–H and O–H groups in total. The van der Waals surface area contributed by atoms with Crippen LogP contribution in [-0.4, -0.2) is 65.0 Å². The number of thioether (sulfide) groups is 2. The number of oxime groups is 1. The predicted molar refractivity (Wildman–Crippen MR) is 245 cm³/mol. The van der Waals surface area contributed by atoms with E-state index in [1.165, 1.54) is 11.8 Å². The molecular formula is C50H58N2O7S2. The number of nitrogens with zero attached hydrogens (tertiary/aromatic N) is 1. The van der Waals surface area contributed by atoms with Gasteiger partial charge in [0, 0.05) is 59.3 Å². The van der Waals surface area contributed by atoms with Gasteiger partial charge in [-0.1, -0.05) is 78.7 Å². The molecule has 11 heteroatoms. The molecule has 2 aliphatic carbocycles. The van der Waals surface area contributed by atoms with Crippen LogP contribution in [0.1, 0.15) is 68.9 Å². The van der Waals surface area contributed by atoms with E-state index in [1.54, 1.807) is 29.6 Å². The van der Waals surface area contributed by atoms with Gasteiger partial charge in [-0.15, -0.1) is 30.1 Å². The van der Waals surface area contributed by atoms with Gasteiger partial charge in [0.15, 0.2) is 0 Å². The molecule has 0 aromatic heterocycles. The van der Waals surface area contributed by atoms with Crippen LogP contribution in [0.25, 0.3) is 0 Å². The highest BCUT2D eigenvalue weighted by Crippen LogP contribution is 2.63. The van der Waals surface area contributed by atoms with Gasteiger partial charge in [-0.2, -0.15) is 0 Å². The van der Waals surface area contributed by atoms with Crippen molar-refractivity contribution in [3.63, 3.8) is 0 Å². The Balaban J connectivity index is 1.33. The second kappa shape index (κ2) is 22.0. The Kier molecular flexibility index (Phi) is 16.1. The fraction of sp³-hybridized carbons (Fsp3) is 0.400. The summed E-state index contributed by atoms with van der Waals surface area (Å²) in [4.78, 5) is 20.3. The Morgan fingerprint density at radius 3 is 2.39 bits per heavy atom. The fourth-order valence-electron chi connectivity index (χ4n) is 9.09. The quantitative estimate of drug-likeness (QED) is 0.0307. The minimum atomic E-state index is -1.13. The molecule has 61 heavy (non-hydrogen) atoms. The molecule has 0 spiro atoms. The highest BCUT2D eigenvalue weighted by atomic mass is 32.2. The first kappa shape index (κ1) is 44.5. The molecule has 4 aromatic rings. The van der Waals surface area contributed by atoms with E-state index in [1.807, 2.05) is 72.8 Å². The van der Waals surface area contributed by atoms with Crippen molar-refractivity contribution in [2.75, 3.05) is 37.5 Å². The van der Waals surface area contributed by atoms with Crippen molar-refractivity contribution in [3.8, 4) is 11.5 Å². The minimum Gasteiger partial charge on any atom is -0.493 e. The molecule has 1 saturated carbocycles. The molecule has 322 valence electrons. The lowest BCUT2D eigenvalue weighted by atomic mass is 9.56. The number of allylic oxidation sites excluding steroid dienone is 1.